The lowest BCUT2D eigenvalue weighted by Crippen LogP contribution is -2.45. The van der Waals surface area contributed by atoms with Gasteiger partial charge in [-0.3, -0.25) is 9.59 Å². The van der Waals surface area contributed by atoms with Crippen LogP contribution in [0.15, 0.2) is 78.9 Å². The molecule has 0 aliphatic heterocycles. The molecule has 2 N–H and O–H groups in total. The Morgan fingerprint density at radius 3 is 2.21 bits per heavy atom. The molecule has 0 aliphatic rings. The Bertz CT molecular complexity index is 959. The fraction of sp³-hybridized carbons (Fsp3) is 0.130. The van der Waals surface area contributed by atoms with Gasteiger partial charge in [-0.2, -0.15) is 0 Å². The zero-order valence-corrected chi connectivity index (χ0v) is 15.5. The summed E-state index contributed by atoms with van der Waals surface area (Å²) in [5.74, 6) is -1.35. The van der Waals surface area contributed by atoms with Gasteiger partial charge in [-0.15, -0.1) is 0 Å². The molecule has 5 heteroatoms. The molecule has 2 amide bonds. The van der Waals surface area contributed by atoms with Crippen molar-refractivity contribution in [3.63, 3.8) is 0 Å². The average Bonchev–Trinajstić information content (AvgIpc) is 2.71. The first kappa shape index (κ1) is 19.3. The van der Waals surface area contributed by atoms with Crippen LogP contribution >= 0.6 is 0 Å². The molecule has 4 nitrogen and oxygen atoms in total. The summed E-state index contributed by atoms with van der Waals surface area (Å²) in [6.45, 7) is 1.77. The monoisotopic (exact) mass is 376 g/mol. The Balaban J connectivity index is 1.80. The normalized spacial score (nSPS) is 11.5. The first-order chi connectivity index (χ1) is 13.5. The molecular weight excluding hydrogens is 355 g/mol. The van der Waals surface area contributed by atoms with Crippen molar-refractivity contribution in [3.8, 4) is 0 Å². The van der Waals surface area contributed by atoms with Crippen molar-refractivity contribution in [3.05, 3.63) is 101 Å². The van der Waals surface area contributed by atoms with Crippen molar-refractivity contribution in [2.45, 2.75) is 19.4 Å². The summed E-state index contributed by atoms with van der Waals surface area (Å²) in [6.07, 6.45) is 0.290. The van der Waals surface area contributed by atoms with Crippen molar-refractivity contribution in [1.82, 2.24) is 5.32 Å². The van der Waals surface area contributed by atoms with Gasteiger partial charge < -0.3 is 10.6 Å². The molecule has 0 aliphatic carbocycles. The number of hydrogen-bond acceptors (Lipinski definition) is 2. The molecule has 0 saturated heterocycles. The highest BCUT2D eigenvalue weighted by atomic mass is 19.1. The number of benzene rings is 3. The number of halogens is 1. The molecule has 3 aromatic rings. The van der Waals surface area contributed by atoms with Crippen LogP contribution in [-0.4, -0.2) is 17.9 Å². The van der Waals surface area contributed by atoms with Gasteiger partial charge in [0.15, 0.2) is 0 Å². The molecule has 0 saturated carbocycles. The maximum atomic E-state index is 14.1. The molecule has 1 atom stereocenters. The summed E-state index contributed by atoms with van der Waals surface area (Å²) in [5, 5.41) is 5.35. The third kappa shape index (κ3) is 5.04. The minimum Gasteiger partial charge on any atom is -0.340 e. The smallest absolute Gasteiger partial charge is 0.251 e. The van der Waals surface area contributed by atoms with E-state index in [1.165, 1.54) is 12.1 Å². The van der Waals surface area contributed by atoms with E-state index < -0.39 is 17.8 Å². The van der Waals surface area contributed by atoms with Crippen molar-refractivity contribution in [1.29, 1.82) is 0 Å². The van der Waals surface area contributed by atoms with Gasteiger partial charge in [0.2, 0.25) is 5.91 Å². The van der Waals surface area contributed by atoms with Crippen LogP contribution in [0.1, 0.15) is 21.5 Å². The van der Waals surface area contributed by atoms with Crippen LogP contribution in [0.3, 0.4) is 0 Å². The van der Waals surface area contributed by atoms with E-state index in [4.69, 9.17) is 0 Å². The van der Waals surface area contributed by atoms with E-state index in [0.29, 0.717) is 12.0 Å². The first-order valence-electron chi connectivity index (χ1n) is 9.00. The van der Waals surface area contributed by atoms with Gasteiger partial charge in [0.05, 0.1) is 5.69 Å². The second kappa shape index (κ2) is 8.95. The van der Waals surface area contributed by atoms with Gasteiger partial charge in [-0.05, 0) is 42.3 Å². The lowest BCUT2D eigenvalue weighted by Gasteiger charge is -2.19. The van der Waals surface area contributed by atoms with Crippen molar-refractivity contribution in [2.75, 3.05) is 5.32 Å². The molecule has 0 radical (unpaired) electrons. The van der Waals surface area contributed by atoms with Crippen LogP contribution in [0.25, 0.3) is 0 Å². The summed E-state index contributed by atoms with van der Waals surface area (Å²) in [4.78, 5) is 25.4. The topological polar surface area (TPSA) is 58.2 Å². The largest absolute Gasteiger partial charge is 0.340 e. The van der Waals surface area contributed by atoms with Gasteiger partial charge in [0, 0.05) is 12.0 Å². The van der Waals surface area contributed by atoms with E-state index in [0.717, 1.165) is 11.1 Å². The maximum absolute atomic E-state index is 14.1. The molecule has 3 rings (SSSR count). The highest BCUT2D eigenvalue weighted by Crippen LogP contribution is 2.16. The number of hydrogen-bond donors (Lipinski definition) is 2. The van der Waals surface area contributed by atoms with Gasteiger partial charge in [-0.1, -0.05) is 54.6 Å². The summed E-state index contributed by atoms with van der Waals surface area (Å²) < 4.78 is 14.1. The second-order valence-corrected chi connectivity index (χ2v) is 6.55. The zero-order valence-electron chi connectivity index (χ0n) is 15.5. The van der Waals surface area contributed by atoms with Gasteiger partial charge in [0.25, 0.3) is 5.91 Å². The fourth-order valence-electron chi connectivity index (χ4n) is 2.83. The minimum atomic E-state index is -0.851. The van der Waals surface area contributed by atoms with Crippen molar-refractivity contribution >= 4 is 17.5 Å². The number of rotatable bonds is 6. The van der Waals surface area contributed by atoms with Gasteiger partial charge in [0.1, 0.15) is 11.9 Å². The summed E-state index contributed by atoms with van der Waals surface area (Å²) in [5.41, 5.74) is 2.19. The van der Waals surface area contributed by atoms with Crippen molar-refractivity contribution < 1.29 is 14.0 Å². The second-order valence-electron chi connectivity index (χ2n) is 6.55. The SMILES string of the molecule is Cc1ccc(NC(=O)C(Cc2ccccc2)NC(=O)c2ccccc2)c(F)c1. The molecule has 1 unspecified atom stereocenters. The van der Waals surface area contributed by atoms with Gasteiger partial charge in [-0.25, -0.2) is 4.39 Å². The van der Waals surface area contributed by atoms with Crippen LogP contribution < -0.4 is 10.6 Å². The molecule has 0 bridgehead atoms. The summed E-state index contributed by atoms with van der Waals surface area (Å²) in [7, 11) is 0. The number of aryl methyl sites for hydroxylation is 1. The van der Waals surface area contributed by atoms with E-state index in [9.17, 15) is 14.0 Å². The van der Waals surface area contributed by atoms with Crippen LogP contribution in [0.4, 0.5) is 10.1 Å². The van der Waals surface area contributed by atoms with Crippen LogP contribution in [0.5, 0.6) is 0 Å². The third-order valence-corrected chi connectivity index (χ3v) is 4.32. The quantitative estimate of drug-likeness (QED) is 0.680. The molecule has 28 heavy (non-hydrogen) atoms. The molecule has 0 spiro atoms. The Kier molecular flexibility index (Phi) is 6.17. The van der Waals surface area contributed by atoms with Gasteiger partial charge >= 0.3 is 0 Å². The number of carbonyl (C=O) groups is 2. The molecule has 0 heterocycles. The number of amides is 2. The van der Waals surface area contributed by atoms with Crippen molar-refractivity contribution in [2.24, 2.45) is 0 Å². The predicted octanol–water partition coefficient (Wildman–Crippen LogP) is 4.11. The minimum absolute atomic E-state index is 0.0858. The molecule has 0 aromatic heterocycles. The van der Waals surface area contributed by atoms with E-state index in [2.05, 4.69) is 10.6 Å². The molecule has 3 aromatic carbocycles. The number of nitrogens with one attached hydrogen (secondary N) is 2. The third-order valence-electron chi connectivity index (χ3n) is 4.32. The van der Waals surface area contributed by atoms with Crippen LogP contribution in [0.2, 0.25) is 0 Å². The Labute approximate surface area is 163 Å². The Morgan fingerprint density at radius 2 is 1.57 bits per heavy atom. The predicted molar refractivity (Wildman–Crippen MR) is 108 cm³/mol. The van der Waals surface area contributed by atoms with E-state index in [1.807, 2.05) is 36.4 Å². The highest BCUT2D eigenvalue weighted by molar-refractivity contribution is 6.01. The summed E-state index contributed by atoms with van der Waals surface area (Å²) >= 11 is 0. The van der Waals surface area contributed by atoms with E-state index in [-0.39, 0.29) is 11.6 Å². The fourth-order valence-corrected chi connectivity index (χ4v) is 2.83. The lowest BCUT2D eigenvalue weighted by molar-refractivity contribution is -0.118. The number of anilines is 1. The highest BCUT2D eigenvalue weighted by Gasteiger charge is 2.23. The number of carbonyl (C=O) groups excluding carboxylic acids is 2. The molecule has 142 valence electrons. The van der Waals surface area contributed by atoms with E-state index in [1.54, 1.807) is 37.3 Å². The Hall–Kier alpha value is -3.47. The standard InChI is InChI=1S/C23H21FN2O2/c1-16-12-13-20(19(24)14-16)25-23(28)21(15-17-8-4-2-5-9-17)26-22(27)18-10-6-3-7-11-18/h2-14,21H,15H2,1H3,(H,25,28)(H,26,27). The lowest BCUT2D eigenvalue weighted by atomic mass is 10.0. The molecular formula is C23H21FN2O2. The maximum Gasteiger partial charge on any atom is 0.251 e. The Morgan fingerprint density at radius 1 is 0.929 bits per heavy atom. The zero-order chi connectivity index (χ0) is 19.9. The average molecular weight is 376 g/mol. The van der Waals surface area contributed by atoms with Crippen LogP contribution in [0, 0.1) is 12.7 Å². The first-order valence-corrected chi connectivity index (χ1v) is 9.00. The molecule has 0 fully saturated rings. The van der Waals surface area contributed by atoms with E-state index >= 15 is 0 Å². The van der Waals surface area contributed by atoms with Crippen LogP contribution in [-0.2, 0) is 11.2 Å². The summed E-state index contributed by atoms with van der Waals surface area (Å²) in [6, 6.07) is 21.8.